The van der Waals surface area contributed by atoms with E-state index in [1.807, 2.05) is 23.9 Å². The summed E-state index contributed by atoms with van der Waals surface area (Å²) in [6, 6.07) is 6.98. The second-order valence-electron chi connectivity index (χ2n) is 5.16. The number of nitrogens with zero attached hydrogens (tertiary/aromatic N) is 2. The molecule has 1 N–H and O–H groups in total. The summed E-state index contributed by atoms with van der Waals surface area (Å²) in [5.41, 5.74) is 1.43. The van der Waals surface area contributed by atoms with E-state index in [0.29, 0.717) is 10.8 Å². The topological polar surface area (TPSA) is 68.1 Å². The Morgan fingerprint density at radius 3 is 3.05 bits per heavy atom. The fourth-order valence-electron chi connectivity index (χ4n) is 2.65. The van der Waals surface area contributed by atoms with Crippen LogP contribution in [0.5, 0.6) is 0 Å². The number of nitro groups is 1. The van der Waals surface area contributed by atoms with Crippen LogP contribution in [0.4, 0.5) is 11.4 Å². The molecule has 0 radical (unpaired) electrons. The molecule has 110 valence electrons. The quantitative estimate of drug-likeness (QED) is 0.686. The molecule has 1 atom stereocenters. The number of nitro benzene ring substituents is 1. The van der Waals surface area contributed by atoms with Gasteiger partial charge in [0.15, 0.2) is 0 Å². The molecule has 3 rings (SSSR count). The summed E-state index contributed by atoms with van der Waals surface area (Å²) in [5.74, 6) is 1.23. The minimum atomic E-state index is -0.379. The summed E-state index contributed by atoms with van der Waals surface area (Å²) in [4.78, 5) is 14.9. The fourth-order valence-corrected chi connectivity index (χ4v) is 3.89. The van der Waals surface area contributed by atoms with Crippen molar-refractivity contribution in [2.75, 3.05) is 17.6 Å². The molecule has 5 nitrogen and oxygen atoms in total. The zero-order valence-corrected chi connectivity index (χ0v) is 12.4. The Bertz CT molecular complexity index is 656. The van der Waals surface area contributed by atoms with Gasteiger partial charge in [-0.2, -0.15) is 11.8 Å². The van der Waals surface area contributed by atoms with E-state index < -0.39 is 0 Å². The maximum absolute atomic E-state index is 11.1. The molecule has 1 aliphatic heterocycles. The molecule has 2 aromatic rings. The fraction of sp³-hybridized carbons (Fsp3) is 0.400. The number of hydrogen-bond donors (Lipinski definition) is 1. The molecule has 1 aromatic carbocycles. The predicted octanol–water partition coefficient (Wildman–Crippen LogP) is 3.84. The van der Waals surface area contributed by atoms with Gasteiger partial charge in [-0.05, 0) is 24.7 Å². The van der Waals surface area contributed by atoms with Crippen LogP contribution in [0.15, 0.2) is 30.5 Å². The number of pyridine rings is 1. The predicted molar refractivity (Wildman–Crippen MR) is 87.0 cm³/mol. The normalized spacial score (nSPS) is 18.6. The number of fused-ring (bicyclic) bond motifs is 1. The van der Waals surface area contributed by atoms with Crippen LogP contribution in [0.1, 0.15) is 19.3 Å². The first-order valence-electron chi connectivity index (χ1n) is 7.13. The number of para-hydroxylation sites is 1. The number of hydrogen-bond acceptors (Lipinski definition) is 5. The molecular weight excluding hydrogens is 286 g/mol. The van der Waals surface area contributed by atoms with Crippen LogP contribution in [0.2, 0.25) is 0 Å². The Kier molecular flexibility index (Phi) is 4.24. The van der Waals surface area contributed by atoms with Crippen LogP contribution in [-0.2, 0) is 0 Å². The van der Waals surface area contributed by atoms with E-state index in [1.54, 1.807) is 12.3 Å². The van der Waals surface area contributed by atoms with E-state index in [4.69, 9.17) is 0 Å². The van der Waals surface area contributed by atoms with Gasteiger partial charge in [-0.15, -0.1) is 0 Å². The van der Waals surface area contributed by atoms with Gasteiger partial charge in [-0.3, -0.25) is 10.1 Å². The zero-order valence-electron chi connectivity index (χ0n) is 11.6. The van der Waals surface area contributed by atoms with Crippen molar-refractivity contribution < 1.29 is 4.92 Å². The molecule has 0 saturated carbocycles. The summed E-state index contributed by atoms with van der Waals surface area (Å²) in [7, 11) is 0. The van der Waals surface area contributed by atoms with Gasteiger partial charge < -0.3 is 5.32 Å². The molecule has 0 amide bonds. The summed E-state index contributed by atoms with van der Waals surface area (Å²) >= 11 is 2.01. The lowest BCUT2D eigenvalue weighted by Gasteiger charge is -2.22. The molecule has 0 bridgehead atoms. The second-order valence-corrected chi connectivity index (χ2v) is 6.57. The average molecular weight is 303 g/mol. The van der Waals surface area contributed by atoms with E-state index >= 15 is 0 Å². The Morgan fingerprint density at radius 2 is 2.29 bits per heavy atom. The van der Waals surface area contributed by atoms with Gasteiger partial charge in [0.05, 0.1) is 4.92 Å². The number of anilines is 1. The molecular formula is C15H17N3O2S. The average Bonchev–Trinajstić information content (AvgIpc) is 2.53. The van der Waals surface area contributed by atoms with Crippen molar-refractivity contribution >= 4 is 34.0 Å². The number of aromatic nitrogens is 1. The van der Waals surface area contributed by atoms with Crippen molar-refractivity contribution in [2.45, 2.75) is 24.5 Å². The molecule has 1 aromatic heterocycles. The molecule has 1 unspecified atom stereocenters. The maximum atomic E-state index is 11.1. The van der Waals surface area contributed by atoms with Crippen molar-refractivity contribution in [1.82, 2.24) is 4.98 Å². The number of nitrogens with one attached hydrogen (secondary N) is 1. The Hall–Kier alpha value is -1.82. The summed E-state index contributed by atoms with van der Waals surface area (Å²) in [6.45, 7) is 0.895. The first-order valence-corrected chi connectivity index (χ1v) is 8.18. The zero-order chi connectivity index (χ0) is 14.7. The lowest BCUT2D eigenvalue weighted by Crippen LogP contribution is -2.20. The van der Waals surface area contributed by atoms with Gasteiger partial charge in [0.1, 0.15) is 5.52 Å². The largest absolute Gasteiger partial charge is 0.383 e. The van der Waals surface area contributed by atoms with Gasteiger partial charge >= 0.3 is 0 Å². The molecule has 1 fully saturated rings. The standard InChI is InChI=1S/C15H17N3O2S/c19-18(20)14-6-3-5-12-13(7-8-16-15(12)14)17-10-11-4-1-2-9-21-11/h3,5-8,11H,1-2,4,9-10H2,(H,16,17). The first-order chi connectivity index (χ1) is 10.3. The third kappa shape index (κ3) is 3.10. The van der Waals surface area contributed by atoms with E-state index in [0.717, 1.165) is 17.6 Å². The molecule has 21 heavy (non-hydrogen) atoms. The van der Waals surface area contributed by atoms with E-state index in [2.05, 4.69) is 10.3 Å². The second kappa shape index (κ2) is 6.30. The van der Waals surface area contributed by atoms with Crippen LogP contribution in [0.25, 0.3) is 10.9 Å². The van der Waals surface area contributed by atoms with E-state index in [1.165, 1.54) is 31.1 Å². The minimum absolute atomic E-state index is 0.0585. The van der Waals surface area contributed by atoms with Gasteiger partial charge in [0.25, 0.3) is 5.69 Å². The van der Waals surface area contributed by atoms with Crippen LogP contribution in [-0.4, -0.2) is 27.5 Å². The minimum Gasteiger partial charge on any atom is -0.383 e. The van der Waals surface area contributed by atoms with Crippen molar-refractivity contribution in [3.63, 3.8) is 0 Å². The smallest absolute Gasteiger partial charge is 0.295 e. The molecule has 2 heterocycles. The maximum Gasteiger partial charge on any atom is 0.295 e. The number of rotatable bonds is 4. The van der Waals surface area contributed by atoms with E-state index in [-0.39, 0.29) is 10.6 Å². The number of thioether (sulfide) groups is 1. The molecule has 0 aliphatic carbocycles. The molecule has 1 aliphatic rings. The monoisotopic (exact) mass is 303 g/mol. The lowest BCUT2D eigenvalue weighted by atomic mass is 10.1. The highest BCUT2D eigenvalue weighted by Crippen LogP contribution is 2.30. The SMILES string of the molecule is O=[N+]([O-])c1cccc2c(NCC3CCCCS3)ccnc12. The number of non-ortho nitro benzene ring substituents is 1. The summed E-state index contributed by atoms with van der Waals surface area (Å²) in [6.07, 6.45) is 5.47. The van der Waals surface area contributed by atoms with Crippen LogP contribution in [0, 0.1) is 10.1 Å². The molecule has 1 saturated heterocycles. The van der Waals surface area contributed by atoms with Crippen molar-refractivity contribution in [1.29, 1.82) is 0 Å². The van der Waals surface area contributed by atoms with Crippen LogP contribution >= 0.6 is 11.8 Å². The molecule has 6 heteroatoms. The highest BCUT2D eigenvalue weighted by Gasteiger charge is 2.16. The Balaban J connectivity index is 1.85. The Morgan fingerprint density at radius 1 is 1.38 bits per heavy atom. The summed E-state index contributed by atoms with van der Waals surface area (Å²) < 4.78 is 0. The lowest BCUT2D eigenvalue weighted by molar-refractivity contribution is -0.383. The highest BCUT2D eigenvalue weighted by molar-refractivity contribution is 7.99. The van der Waals surface area contributed by atoms with Gasteiger partial charge in [-0.25, -0.2) is 4.98 Å². The van der Waals surface area contributed by atoms with E-state index in [9.17, 15) is 10.1 Å². The first kappa shape index (κ1) is 14.1. The van der Waals surface area contributed by atoms with Crippen molar-refractivity contribution in [2.24, 2.45) is 0 Å². The highest BCUT2D eigenvalue weighted by atomic mass is 32.2. The van der Waals surface area contributed by atoms with Crippen LogP contribution in [0.3, 0.4) is 0 Å². The van der Waals surface area contributed by atoms with Gasteiger partial charge in [-0.1, -0.05) is 18.6 Å². The van der Waals surface area contributed by atoms with Crippen LogP contribution < -0.4 is 5.32 Å². The van der Waals surface area contributed by atoms with Crippen molar-refractivity contribution in [3.8, 4) is 0 Å². The Labute approximate surface area is 127 Å². The molecule has 0 spiro atoms. The van der Waals surface area contributed by atoms with Gasteiger partial charge in [0.2, 0.25) is 0 Å². The third-order valence-corrected chi connectivity index (χ3v) is 5.14. The number of benzene rings is 1. The summed E-state index contributed by atoms with van der Waals surface area (Å²) in [5, 5.41) is 16.0. The third-order valence-electron chi connectivity index (χ3n) is 3.74. The van der Waals surface area contributed by atoms with Gasteiger partial charge in [0, 0.05) is 35.1 Å². The van der Waals surface area contributed by atoms with Crippen molar-refractivity contribution in [3.05, 3.63) is 40.6 Å².